The SMILES string of the molecule is COc1cccc2c1CCC1=C2CC[C@@H]2CC(=O)CC[C@]12C. The van der Waals surface area contributed by atoms with Crippen LogP contribution in [0.5, 0.6) is 5.75 Å². The summed E-state index contributed by atoms with van der Waals surface area (Å²) < 4.78 is 5.57. The van der Waals surface area contributed by atoms with Gasteiger partial charge in [-0.05, 0) is 60.6 Å². The van der Waals surface area contributed by atoms with Crippen molar-refractivity contribution in [3.63, 3.8) is 0 Å². The maximum atomic E-state index is 11.9. The van der Waals surface area contributed by atoms with Gasteiger partial charge in [0.15, 0.2) is 0 Å². The highest BCUT2D eigenvalue weighted by molar-refractivity contribution is 5.82. The Balaban J connectivity index is 1.83. The van der Waals surface area contributed by atoms with Gasteiger partial charge in [0.25, 0.3) is 0 Å². The van der Waals surface area contributed by atoms with Gasteiger partial charge in [0.1, 0.15) is 11.5 Å². The maximum absolute atomic E-state index is 11.9. The molecule has 0 saturated heterocycles. The fraction of sp³-hybridized carbons (Fsp3) is 0.550. The topological polar surface area (TPSA) is 26.3 Å². The predicted molar refractivity (Wildman–Crippen MR) is 87.9 cm³/mol. The van der Waals surface area contributed by atoms with Crippen molar-refractivity contribution in [1.82, 2.24) is 0 Å². The number of hydrogen-bond acceptors (Lipinski definition) is 2. The lowest BCUT2D eigenvalue weighted by atomic mass is 9.55. The summed E-state index contributed by atoms with van der Waals surface area (Å²) in [6.45, 7) is 2.42. The highest BCUT2D eigenvalue weighted by atomic mass is 16.5. The zero-order valence-corrected chi connectivity index (χ0v) is 13.6. The highest BCUT2D eigenvalue weighted by Gasteiger charge is 2.46. The van der Waals surface area contributed by atoms with E-state index in [1.165, 1.54) is 11.1 Å². The summed E-state index contributed by atoms with van der Waals surface area (Å²) in [5, 5.41) is 0. The van der Waals surface area contributed by atoms with E-state index in [9.17, 15) is 4.79 Å². The van der Waals surface area contributed by atoms with Crippen molar-refractivity contribution < 1.29 is 9.53 Å². The first-order valence-electron chi connectivity index (χ1n) is 8.54. The summed E-state index contributed by atoms with van der Waals surface area (Å²) in [5.74, 6) is 2.08. The molecule has 3 aliphatic carbocycles. The first kappa shape index (κ1) is 14.0. The third kappa shape index (κ3) is 1.89. The van der Waals surface area contributed by atoms with Crippen LogP contribution in [-0.4, -0.2) is 12.9 Å². The molecule has 1 aromatic carbocycles. The molecule has 116 valence electrons. The number of methoxy groups -OCH3 is 1. The van der Waals surface area contributed by atoms with Crippen LogP contribution >= 0.6 is 0 Å². The van der Waals surface area contributed by atoms with Gasteiger partial charge < -0.3 is 4.74 Å². The molecule has 22 heavy (non-hydrogen) atoms. The smallest absolute Gasteiger partial charge is 0.133 e. The lowest BCUT2D eigenvalue weighted by molar-refractivity contribution is -0.124. The molecule has 0 aliphatic heterocycles. The molecule has 1 fully saturated rings. The molecule has 1 aromatic rings. The summed E-state index contributed by atoms with van der Waals surface area (Å²) in [6.07, 6.45) is 7.14. The average Bonchev–Trinajstić information content (AvgIpc) is 2.54. The Labute approximate surface area is 132 Å². The van der Waals surface area contributed by atoms with Crippen LogP contribution in [0.3, 0.4) is 0 Å². The maximum Gasteiger partial charge on any atom is 0.133 e. The minimum atomic E-state index is 0.252. The van der Waals surface area contributed by atoms with E-state index in [1.807, 2.05) is 0 Å². The molecule has 0 aromatic heterocycles. The van der Waals surface area contributed by atoms with E-state index in [2.05, 4.69) is 25.1 Å². The Bertz CT molecular complexity index is 670. The molecular weight excluding hydrogens is 272 g/mol. The monoisotopic (exact) mass is 296 g/mol. The number of hydrogen-bond donors (Lipinski definition) is 0. The first-order chi connectivity index (χ1) is 10.6. The van der Waals surface area contributed by atoms with Gasteiger partial charge in [0.05, 0.1) is 7.11 Å². The number of fused-ring (bicyclic) bond motifs is 4. The zero-order valence-electron chi connectivity index (χ0n) is 13.6. The van der Waals surface area contributed by atoms with Crippen LogP contribution in [0.4, 0.5) is 0 Å². The summed E-state index contributed by atoms with van der Waals surface area (Å²) in [5.41, 5.74) is 6.27. The van der Waals surface area contributed by atoms with Gasteiger partial charge in [-0.25, -0.2) is 0 Å². The standard InChI is InChI=1S/C20H24O2/c1-20-11-10-14(21)12-13(20)6-7-16-15-4-3-5-19(22-2)17(15)8-9-18(16)20/h3-5,13H,6-12H2,1-2H3/t13-,20+/m1/s1. The van der Waals surface area contributed by atoms with Crippen molar-refractivity contribution in [2.24, 2.45) is 11.3 Å². The number of benzene rings is 1. The second kappa shape index (κ2) is 4.97. The van der Waals surface area contributed by atoms with Gasteiger partial charge in [0.2, 0.25) is 0 Å². The molecule has 0 amide bonds. The van der Waals surface area contributed by atoms with E-state index in [0.717, 1.165) is 50.7 Å². The molecular formula is C20H24O2. The Morgan fingerprint density at radius 3 is 2.86 bits per heavy atom. The minimum absolute atomic E-state index is 0.252. The predicted octanol–water partition coefficient (Wildman–Crippen LogP) is 4.56. The van der Waals surface area contributed by atoms with E-state index in [-0.39, 0.29) is 5.41 Å². The number of carbonyl (C=O) groups is 1. The second-order valence-electron chi connectivity index (χ2n) is 7.34. The van der Waals surface area contributed by atoms with E-state index in [1.54, 1.807) is 18.3 Å². The van der Waals surface area contributed by atoms with Crippen LogP contribution in [0.15, 0.2) is 23.8 Å². The fourth-order valence-electron chi connectivity index (χ4n) is 5.12. The third-order valence-corrected chi connectivity index (χ3v) is 6.40. The number of carbonyl (C=O) groups excluding carboxylic acids is 1. The van der Waals surface area contributed by atoms with Crippen molar-refractivity contribution in [2.45, 2.75) is 51.9 Å². The molecule has 3 aliphatic rings. The lowest BCUT2D eigenvalue weighted by Gasteiger charge is -2.49. The van der Waals surface area contributed by atoms with Crippen LogP contribution < -0.4 is 4.74 Å². The van der Waals surface area contributed by atoms with Gasteiger partial charge >= 0.3 is 0 Å². The molecule has 2 heteroatoms. The van der Waals surface area contributed by atoms with Gasteiger partial charge in [0, 0.05) is 18.4 Å². The van der Waals surface area contributed by atoms with Crippen molar-refractivity contribution >= 4 is 11.4 Å². The van der Waals surface area contributed by atoms with Crippen LogP contribution in [0.25, 0.3) is 5.57 Å². The van der Waals surface area contributed by atoms with Crippen LogP contribution in [0.2, 0.25) is 0 Å². The van der Waals surface area contributed by atoms with Crippen LogP contribution in [0, 0.1) is 11.3 Å². The molecule has 1 saturated carbocycles. The molecule has 0 unspecified atom stereocenters. The largest absolute Gasteiger partial charge is 0.496 e. The molecule has 0 spiro atoms. The molecule has 4 rings (SSSR count). The Kier molecular flexibility index (Phi) is 3.18. The van der Waals surface area contributed by atoms with Gasteiger partial charge in [-0.1, -0.05) is 24.6 Å². The van der Waals surface area contributed by atoms with Crippen LogP contribution in [-0.2, 0) is 11.2 Å². The molecule has 0 radical (unpaired) electrons. The van der Waals surface area contributed by atoms with Gasteiger partial charge in [-0.2, -0.15) is 0 Å². The van der Waals surface area contributed by atoms with E-state index < -0.39 is 0 Å². The normalized spacial score (nSPS) is 30.5. The first-order valence-corrected chi connectivity index (χ1v) is 8.54. The zero-order chi connectivity index (χ0) is 15.3. The van der Waals surface area contributed by atoms with Gasteiger partial charge in [-0.3, -0.25) is 4.79 Å². The van der Waals surface area contributed by atoms with E-state index in [4.69, 9.17) is 4.74 Å². The van der Waals surface area contributed by atoms with Crippen molar-refractivity contribution in [2.75, 3.05) is 7.11 Å². The summed E-state index contributed by atoms with van der Waals surface area (Å²) >= 11 is 0. The van der Waals surface area contributed by atoms with Gasteiger partial charge in [-0.15, -0.1) is 0 Å². The number of ketones is 1. The number of ether oxygens (including phenoxy) is 1. The molecule has 0 N–H and O–H groups in total. The molecule has 0 bridgehead atoms. The quantitative estimate of drug-likeness (QED) is 0.759. The molecule has 0 heterocycles. The highest BCUT2D eigenvalue weighted by Crippen LogP contribution is 2.57. The van der Waals surface area contributed by atoms with E-state index >= 15 is 0 Å². The molecule has 2 atom stereocenters. The Morgan fingerprint density at radius 1 is 1.18 bits per heavy atom. The van der Waals surface area contributed by atoms with Crippen molar-refractivity contribution in [3.8, 4) is 5.75 Å². The van der Waals surface area contributed by atoms with Crippen molar-refractivity contribution in [3.05, 3.63) is 34.9 Å². The minimum Gasteiger partial charge on any atom is -0.496 e. The average molecular weight is 296 g/mol. The lowest BCUT2D eigenvalue weighted by Crippen LogP contribution is -2.40. The Morgan fingerprint density at radius 2 is 2.05 bits per heavy atom. The fourth-order valence-corrected chi connectivity index (χ4v) is 5.12. The third-order valence-electron chi connectivity index (χ3n) is 6.40. The summed E-state index contributed by atoms with van der Waals surface area (Å²) in [4.78, 5) is 11.9. The molecule has 2 nitrogen and oxygen atoms in total. The van der Waals surface area contributed by atoms with E-state index in [0.29, 0.717) is 11.7 Å². The number of Topliss-reactive ketones (excluding diaryl/α,β-unsaturated/α-hetero) is 1. The Hall–Kier alpha value is -1.57. The summed E-state index contributed by atoms with van der Waals surface area (Å²) in [7, 11) is 1.77. The number of rotatable bonds is 1. The second-order valence-corrected chi connectivity index (χ2v) is 7.34. The summed E-state index contributed by atoms with van der Waals surface area (Å²) in [6, 6.07) is 6.47. The number of allylic oxidation sites excluding steroid dienone is 2. The van der Waals surface area contributed by atoms with Crippen molar-refractivity contribution in [1.29, 1.82) is 0 Å². The van der Waals surface area contributed by atoms with Crippen LogP contribution in [0.1, 0.15) is 56.6 Å².